The fourth-order valence-electron chi connectivity index (χ4n) is 2.65. The maximum absolute atomic E-state index is 12.5. The number of carbonyl (C=O) groups is 2. The van der Waals surface area contributed by atoms with Gasteiger partial charge >= 0.3 is 12.0 Å². The second-order valence-electron chi connectivity index (χ2n) is 5.58. The van der Waals surface area contributed by atoms with E-state index in [4.69, 9.17) is 4.74 Å². The molecule has 9 nitrogen and oxygen atoms in total. The standard InChI is InChI=1S/C16H18N6O3S/c1-21-11(9-26-16-18-19-20-22(16)2)12(14(23)25-3)13(17-15(21)24)10-7-5-4-6-8-10/h4-8,13H,9H2,1-3H3,(H,17,24)/t13-/m0/s1. The van der Waals surface area contributed by atoms with Gasteiger partial charge in [-0.2, -0.15) is 0 Å². The van der Waals surface area contributed by atoms with E-state index in [1.54, 1.807) is 14.1 Å². The zero-order chi connectivity index (χ0) is 18.7. The first kappa shape index (κ1) is 17.9. The lowest BCUT2D eigenvalue weighted by Crippen LogP contribution is -2.47. The number of carbonyl (C=O) groups excluding carboxylic acids is 2. The highest BCUT2D eigenvalue weighted by Crippen LogP contribution is 2.33. The van der Waals surface area contributed by atoms with Crippen molar-refractivity contribution in [3.63, 3.8) is 0 Å². The zero-order valence-electron chi connectivity index (χ0n) is 14.5. The molecule has 0 fully saturated rings. The van der Waals surface area contributed by atoms with Crippen molar-refractivity contribution < 1.29 is 14.3 Å². The van der Waals surface area contributed by atoms with Crippen molar-refractivity contribution in [1.82, 2.24) is 30.4 Å². The van der Waals surface area contributed by atoms with Crippen molar-refractivity contribution in [3.8, 4) is 0 Å². The van der Waals surface area contributed by atoms with Crippen LogP contribution in [0.1, 0.15) is 11.6 Å². The molecule has 0 unspecified atom stereocenters. The Morgan fingerprint density at radius 3 is 2.65 bits per heavy atom. The number of tetrazole rings is 1. The average Bonchev–Trinajstić information content (AvgIpc) is 3.07. The van der Waals surface area contributed by atoms with Gasteiger partial charge in [-0.3, -0.25) is 4.90 Å². The number of benzene rings is 1. The highest BCUT2D eigenvalue weighted by molar-refractivity contribution is 7.99. The van der Waals surface area contributed by atoms with Crippen LogP contribution in [0, 0.1) is 0 Å². The number of nitrogens with zero attached hydrogens (tertiary/aromatic N) is 5. The van der Waals surface area contributed by atoms with Gasteiger partial charge in [0.15, 0.2) is 0 Å². The summed E-state index contributed by atoms with van der Waals surface area (Å²) in [6.07, 6.45) is 0. The lowest BCUT2D eigenvalue weighted by Gasteiger charge is -2.34. The van der Waals surface area contributed by atoms with Gasteiger partial charge in [-0.05, 0) is 16.0 Å². The predicted octanol–water partition coefficient (Wildman–Crippen LogP) is 1.13. The van der Waals surface area contributed by atoms with Gasteiger partial charge in [0.1, 0.15) is 0 Å². The number of ether oxygens (including phenoxy) is 1. The van der Waals surface area contributed by atoms with Gasteiger partial charge in [-0.1, -0.05) is 42.1 Å². The number of nitrogens with one attached hydrogen (secondary N) is 1. The van der Waals surface area contributed by atoms with E-state index in [0.717, 1.165) is 5.56 Å². The van der Waals surface area contributed by atoms with E-state index in [1.165, 1.54) is 28.5 Å². The number of hydrogen-bond acceptors (Lipinski definition) is 7. The number of aromatic nitrogens is 4. The number of methoxy groups -OCH3 is 1. The van der Waals surface area contributed by atoms with E-state index in [1.807, 2.05) is 30.3 Å². The number of thioether (sulfide) groups is 1. The number of aryl methyl sites for hydroxylation is 1. The van der Waals surface area contributed by atoms with Crippen LogP contribution >= 0.6 is 11.8 Å². The summed E-state index contributed by atoms with van der Waals surface area (Å²) >= 11 is 1.33. The third-order valence-electron chi connectivity index (χ3n) is 4.03. The molecule has 1 aliphatic rings. The fourth-order valence-corrected chi connectivity index (χ4v) is 3.59. The summed E-state index contributed by atoms with van der Waals surface area (Å²) in [4.78, 5) is 26.4. The van der Waals surface area contributed by atoms with Crippen molar-refractivity contribution in [2.24, 2.45) is 7.05 Å². The molecule has 1 N–H and O–H groups in total. The van der Waals surface area contributed by atoms with Gasteiger partial charge in [-0.15, -0.1) is 5.10 Å². The van der Waals surface area contributed by atoms with E-state index in [9.17, 15) is 9.59 Å². The minimum absolute atomic E-state index is 0.293. The molecule has 0 radical (unpaired) electrons. The van der Waals surface area contributed by atoms with Gasteiger partial charge in [0, 0.05) is 25.5 Å². The second kappa shape index (κ2) is 7.56. The molecule has 2 amide bonds. The molecule has 1 aromatic carbocycles. The Hall–Kier alpha value is -2.88. The molecule has 1 aromatic heterocycles. The predicted molar refractivity (Wildman–Crippen MR) is 94.0 cm³/mol. The van der Waals surface area contributed by atoms with Crippen molar-refractivity contribution in [2.75, 3.05) is 19.9 Å². The molecule has 136 valence electrons. The van der Waals surface area contributed by atoms with Gasteiger partial charge in [0.05, 0.1) is 18.7 Å². The van der Waals surface area contributed by atoms with Crippen LogP contribution in [0.5, 0.6) is 0 Å². The van der Waals surface area contributed by atoms with Crippen LogP contribution in [0.2, 0.25) is 0 Å². The number of rotatable bonds is 5. The van der Waals surface area contributed by atoms with Crippen LogP contribution in [-0.2, 0) is 16.6 Å². The smallest absolute Gasteiger partial charge is 0.338 e. The molecule has 3 rings (SSSR count). The van der Waals surface area contributed by atoms with Gasteiger partial charge < -0.3 is 10.1 Å². The van der Waals surface area contributed by atoms with Crippen LogP contribution in [0.15, 0.2) is 46.8 Å². The molecule has 10 heteroatoms. The van der Waals surface area contributed by atoms with E-state index in [0.29, 0.717) is 22.2 Å². The minimum Gasteiger partial charge on any atom is -0.466 e. The largest absolute Gasteiger partial charge is 0.466 e. The third-order valence-corrected chi connectivity index (χ3v) is 5.06. The Labute approximate surface area is 154 Å². The summed E-state index contributed by atoms with van der Waals surface area (Å²) in [7, 11) is 4.66. The third kappa shape index (κ3) is 3.40. The topological polar surface area (TPSA) is 102 Å². The number of esters is 1. The van der Waals surface area contributed by atoms with E-state index in [2.05, 4.69) is 20.8 Å². The van der Waals surface area contributed by atoms with Crippen molar-refractivity contribution >= 4 is 23.8 Å². The maximum Gasteiger partial charge on any atom is 0.338 e. The monoisotopic (exact) mass is 374 g/mol. The Morgan fingerprint density at radius 1 is 1.31 bits per heavy atom. The summed E-state index contributed by atoms with van der Waals surface area (Å²) in [5.41, 5.74) is 1.75. The Morgan fingerprint density at radius 2 is 2.04 bits per heavy atom. The maximum atomic E-state index is 12.5. The van der Waals surface area contributed by atoms with Crippen LogP contribution in [-0.4, -0.2) is 57.0 Å². The van der Waals surface area contributed by atoms with Gasteiger partial charge in [0.25, 0.3) is 0 Å². The quantitative estimate of drug-likeness (QED) is 0.618. The number of amides is 2. The summed E-state index contributed by atoms with van der Waals surface area (Å²) in [5.74, 6) is -0.149. The summed E-state index contributed by atoms with van der Waals surface area (Å²) < 4.78 is 6.51. The Balaban J connectivity index is 2.02. The minimum atomic E-state index is -0.583. The molecule has 0 aliphatic carbocycles. The summed E-state index contributed by atoms with van der Waals surface area (Å²) in [5, 5.41) is 14.7. The summed E-state index contributed by atoms with van der Waals surface area (Å²) in [6, 6.07) is 8.42. The Kier molecular flexibility index (Phi) is 5.21. The normalized spacial score (nSPS) is 17.3. The van der Waals surface area contributed by atoms with Crippen molar-refractivity contribution in [1.29, 1.82) is 0 Å². The van der Waals surface area contributed by atoms with E-state index < -0.39 is 12.0 Å². The lowest BCUT2D eigenvalue weighted by atomic mass is 9.95. The molecule has 2 heterocycles. The van der Waals surface area contributed by atoms with Gasteiger partial charge in [0.2, 0.25) is 5.16 Å². The first-order chi connectivity index (χ1) is 12.5. The van der Waals surface area contributed by atoms with E-state index >= 15 is 0 Å². The molecule has 1 aliphatic heterocycles. The molecule has 1 atom stereocenters. The van der Waals surface area contributed by atoms with Gasteiger partial charge in [-0.25, -0.2) is 14.3 Å². The molecule has 0 saturated heterocycles. The SMILES string of the molecule is COC(=O)C1=C(CSc2nnnn2C)N(C)C(=O)N[C@H]1c1ccccc1. The number of urea groups is 1. The molecule has 0 saturated carbocycles. The molecule has 0 spiro atoms. The zero-order valence-corrected chi connectivity index (χ0v) is 15.4. The van der Waals surface area contributed by atoms with Crippen molar-refractivity contribution in [2.45, 2.75) is 11.2 Å². The van der Waals surface area contributed by atoms with Crippen LogP contribution < -0.4 is 5.32 Å². The Bertz CT molecular complexity index is 851. The molecular formula is C16H18N6O3S. The molecule has 0 bridgehead atoms. The molecule has 2 aromatic rings. The van der Waals surface area contributed by atoms with Crippen LogP contribution in [0.4, 0.5) is 4.79 Å². The number of hydrogen-bond donors (Lipinski definition) is 1. The van der Waals surface area contributed by atoms with Crippen LogP contribution in [0.3, 0.4) is 0 Å². The van der Waals surface area contributed by atoms with Crippen molar-refractivity contribution in [3.05, 3.63) is 47.2 Å². The molecular weight excluding hydrogens is 356 g/mol. The van der Waals surface area contributed by atoms with E-state index in [-0.39, 0.29) is 6.03 Å². The first-order valence-corrected chi connectivity index (χ1v) is 8.77. The lowest BCUT2D eigenvalue weighted by molar-refractivity contribution is -0.136. The fraction of sp³-hybridized carbons (Fsp3) is 0.312. The average molecular weight is 374 g/mol. The second-order valence-corrected chi connectivity index (χ2v) is 6.52. The van der Waals surface area contributed by atoms with Crippen LogP contribution in [0.25, 0.3) is 0 Å². The molecule has 26 heavy (non-hydrogen) atoms. The first-order valence-electron chi connectivity index (χ1n) is 7.78. The highest BCUT2D eigenvalue weighted by atomic mass is 32.2. The summed E-state index contributed by atoms with van der Waals surface area (Å²) in [6.45, 7) is 0. The highest BCUT2D eigenvalue weighted by Gasteiger charge is 2.36.